The number of benzene rings is 4. The Balaban J connectivity index is 1.58. The zero-order valence-electron chi connectivity index (χ0n) is 22.2. The molecule has 0 aliphatic rings. The van der Waals surface area contributed by atoms with Gasteiger partial charge in [0.2, 0.25) is 0 Å². The second-order valence-electron chi connectivity index (χ2n) is 9.47. The predicted octanol–water partition coefficient (Wildman–Crippen LogP) is 9.73. The van der Waals surface area contributed by atoms with Crippen LogP contribution in [0.2, 0.25) is 0 Å². The Bertz CT molecular complexity index is 1670. The zero-order chi connectivity index (χ0) is 31.5. The maximum absolute atomic E-state index is 14.9. The number of unbranched alkanes of at least 4 members (excludes halogenated alkanes) is 2. The van der Waals surface area contributed by atoms with E-state index < -0.39 is 80.6 Å². The van der Waals surface area contributed by atoms with Crippen LogP contribution in [-0.2, 0) is 12.5 Å². The van der Waals surface area contributed by atoms with E-state index in [0.717, 1.165) is 31.4 Å². The van der Waals surface area contributed by atoms with E-state index in [9.17, 15) is 43.9 Å². The van der Waals surface area contributed by atoms with Crippen molar-refractivity contribution in [3.05, 3.63) is 123 Å². The maximum Gasteiger partial charge on any atom is 0.432 e. The number of rotatable bonds is 8. The van der Waals surface area contributed by atoms with Crippen molar-refractivity contribution in [3.63, 3.8) is 0 Å². The summed E-state index contributed by atoms with van der Waals surface area (Å²) in [4.78, 5) is 0. The standard InChI is InChI=1S/C32H20F10O/c1-2-3-4-5-18-11-24(34)22(25(35)12-18)9-7-17-6-8-21(23(33)10-17)19-13-26(36)30(27(37)14-19)32(41,42)43-20-15-28(38)31(40)29(39)16-20/h6,8,10-16H,2-5H2,1H3. The van der Waals surface area contributed by atoms with Crippen LogP contribution in [0.15, 0.2) is 54.6 Å². The van der Waals surface area contributed by atoms with E-state index in [2.05, 4.69) is 16.6 Å². The molecule has 43 heavy (non-hydrogen) atoms. The molecule has 0 saturated heterocycles. The summed E-state index contributed by atoms with van der Waals surface area (Å²) in [6.07, 6.45) is -1.73. The monoisotopic (exact) mass is 610 g/mol. The van der Waals surface area contributed by atoms with Gasteiger partial charge in [0.05, 0.1) is 5.56 Å². The lowest BCUT2D eigenvalue weighted by molar-refractivity contribution is -0.189. The minimum absolute atomic E-state index is 0.0525. The molecule has 1 nitrogen and oxygen atoms in total. The largest absolute Gasteiger partial charge is 0.432 e. The van der Waals surface area contributed by atoms with E-state index >= 15 is 0 Å². The smallest absolute Gasteiger partial charge is 0.429 e. The van der Waals surface area contributed by atoms with Gasteiger partial charge in [0.25, 0.3) is 0 Å². The number of hydrogen-bond acceptors (Lipinski definition) is 1. The van der Waals surface area contributed by atoms with Crippen LogP contribution in [0.3, 0.4) is 0 Å². The van der Waals surface area contributed by atoms with E-state index in [4.69, 9.17) is 0 Å². The average molecular weight is 610 g/mol. The maximum atomic E-state index is 14.9. The number of aryl methyl sites for hydroxylation is 1. The third kappa shape index (κ3) is 7.13. The van der Waals surface area contributed by atoms with E-state index in [1.807, 2.05) is 6.92 Å². The highest BCUT2D eigenvalue weighted by atomic mass is 19.3. The van der Waals surface area contributed by atoms with Crippen molar-refractivity contribution in [1.82, 2.24) is 0 Å². The Kier molecular flexibility index (Phi) is 9.38. The van der Waals surface area contributed by atoms with Crippen molar-refractivity contribution in [2.75, 3.05) is 0 Å². The van der Waals surface area contributed by atoms with Crippen molar-refractivity contribution >= 4 is 0 Å². The van der Waals surface area contributed by atoms with Gasteiger partial charge in [-0.1, -0.05) is 37.7 Å². The van der Waals surface area contributed by atoms with Crippen LogP contribution in [0.4, 0.5) is 43.9 Å². The topological polar surface area (TPSA) is 9.23 Å². The molecule has 11 heteroatoms. The minimum atomic E-state index is -4.82. The molecule has 0 heterocycles. The summed E-state index contributed by atoms with van der Waals surface area (Å²) in [5.74, 6) is -8.93. The molecular formula is C32H20F10O. The van der Waals surface area contributed by atoms with Crippen LogP contribution in [0.5, 0.6) is 5.75 Å². The Morgan fingerprint density at radius 1 is 0.651 bits per heavy atom. The first-order chi connectivity index (χ1) is 20.3. The van der Waals surface area contributed by atoms with E-state index in [1.54, 1.807) is 0 Å². The van der Waals surface area contributed by atoms with Crippen LogP contribution in [0, 0.1) is 58.4 Å². The van der Waals surface area contributed by atoms with E-state index in [1.165, 1.54) is 18.2 Å². The third-order valence-corrected chi connectivity index (χ3v) is 6.32. The SMILES string of the molecule is CCCCCc1cc(F)c(C#Cc2ccc(-c3cc(F)c(C(F)(F)Oc4cc(F)c(F)c(F)c4)c(F)c3)c(F)c2)c(F)c1. The molecule has 4 rings (SSSR count). The Morgan fingerprint density at radius 3 is 1.81 bits per heavy atom. The summed E-state index contributed by atoms with van der Waals surface area (Å²) in [7, 11) is 0. The fraction of sp³-hybridized carbons (Fsp3) is 0.188. The fourth-order valence-electron chi connectivity index (χ4n) is 4.23. The van der Waals surface area contributed by atoms with Gasteiger partial charge in [-0.25, -0.2) is 35.1 Å². The second kappa shape index (κ2) is 12.8. The molecule has 0 atom stereocenters. The summed E-state index contributed by atoms with van der Waals surface area (Å²) >= 11 is 0. The van der Waals surface area contributed by atoms with Crippen LogP contribution in [0.1, 0.15) is 48.4 Å². The molecule has 224 valence electrons. The summed E-state index contributed by atoms with van der Waals surface area (Å²) in [6.45, 7) is 1.99. The number of hydrogen-bond donors (Lipinski definition) is 0. The quantitative estimate of drug-likeness (QED) is 0.0836. The lowest BCUT2D eigenvalue weighted by Crippen LogP contribution is -2.25. The van der Waals surface area contributed by atoms with Crippen molar-refractivity contribution in [2.45, 2.75) is 38.7 Å². The Morgan fingerprint density at radius 2 is 1.26 bits per heavy atom. The molecule has 0 bridgehead atoms. The molecule has 4 aromatic carbocycles. The molecule has 0 unspecified atom stereocenters. The molecule has 0 saturated carbocycles. The first kappa shape index (κ1) is 31.5. The second-order valence-corrected chi connectivity index (χ2v) is 9.47. The lowest BCUT2D eigenvalue weighted by atomic mass is 10.00. The van der Waals surface area contributed by atoms with Gasteiger partial charge in [-0.15, -0.1) is 0 Å². The van der Waals surface area contributed by atoms with Gasteiger partial charge in [0.1, 0.15) is 40.4 Å². The van der Waals surface area contributed by atoms with Gasteiger partial charge < -0.3 is 4.74 Å². The summed E-state index contributed by atoms with van der Waals surface area (Å²) in [6, 6.07) is 6.22. The van der Waals surface area contributed by atoms with Gasteiger partial charge in [-0.2, -0.15) is 8.78 Å². The first-order valence-corrected chi connectivity index (χ1v) is 12.8. The van der Waals surface area contributed by atoms with Gasteiger partial charge >= 0.3 is 6.11 Å². The zero-order valence-corrected chi connectivity index (χ0v) is 22.2. The normalized spacial score (nSPS) is 11.3. The first-order valence-electron chi connectivity index (χ1n) is 12.8. The summed E-state index contributed by atoms with van der Waals surface area (Å²) in [5, 5.41) is 0. The van der Waals surface area contributed by atoms with Gasteiger partial charge in [0, 0.05) is 23.3 Å². The highest BCUT2D eigenvalue weighted by molar-refractivity contribution is 5.66. The molecule has 0 amide bonds. The molecule has 0 aromatic heterocycles. The van der Waals surface area contributed by atoms with Crippen LogP contribution in [0.25, 0.3) is 11.1 Å². The minimum Gasteiger partial charge on any atom is -0.429 e. The highest BCUT2D eigenvalue weighted by Crippen LogP contribution is 2.38. The van der Waals surface area contributed by atoms with Crippen molar-refractivity contribution < 1.29 is 48.6 Å². The molecule has 4 aromatic rings. The molecule has 0 N–H and O–H groups in total. The van der Waals surface area contributed by atoms with Crippen molar-refractivity contribution in [1.29, 1.82) is 0 Å². The fourth-order valence-corrected chi connectivity index (χ4v) is 4.23. The summed E-state index contributed by atoms with van der Waals surface area (Å²) < 4.78 is 146. The van der Waals surface area contributed by atoms with Crippen molar-refractivity contribution in [3.8, 4) is 28.7 Å². The lowest BCUT2D eigenvalue weighted by Gasteiger charge is -2.20. The number of halogens is 10. The molecule has 0 aliphatic carbocycles. The van der Waals surface area contributed by atoms with E-state index in [0.29, 0.717) is 24.1 Å². The Hall–Kier alpha value is -4.46. The van der Waals surface area contributed by atoms with Crippen LogP contribution >= 0.6 is 0 Å². The molecule has 0 fully saturated rings. The molecular weight excluding hydrogens is 590 g/mol. The number of ether oxygens (including phenoxy) is 1. The number of alkyl halides is 2. The van der Waals surface area contributed by atoms with Gasteiger partial charge in [0.15, 0.2) is 17.5 Å². The van der Waals surface area contributed by atoms with E-state index in [-0.39, 0.29) is 17.7 Å². The average Bonchev–Trinajstić information content (AvgIpc) is 2.90. The Labute approximate surface area is 239 Å². The molecule has 0 radical (unpaired) electrons. The van der Waals surface area contributed by atoms with Crippen molar-refractivity contribution in [2.24, 2.45) is 0 Å². The molecule has 0 spiro atoms. The summed E-state index contributed by atoms with van der Waals surface area (Å²) in [5.41, 5.74) is -3.01. The molecule has 0 aliphatic heterocycles. The predicted molar refractivity (Wildman–Crippen MR) is 138 cm³/mol. The van der Waals surface area contributed by atoms with Crippen LogP contribution < -0.4 is 4.74 Å². The van der Waals surface area contributed by atoms with Gasteiger partial charge in [-0.05, 0) is 60.4 Å². The van der Waals surface area contributed by atoms with Crippen LogP contribution in [-0.4, -0.2) is 0 Å². The highest BCUT2D eigenvalue weighted by Gasteiger charge is 2.41. The third-order valence-electron chi connectivity index (χ3n) is 6.32. The van der Waals surface area contributed by atoms with Gasteiger partial charge in [-0.3, -0.25) is 0 Å².